The second kappa shape index (κ2) is 5.68. The quantitative estimate of drug-likeness (QED) is 0.946. The molecule has 0 fully saturated rings. The van der Waals surface area contributed by atoms with E-state index in [1.165, 1.54) is 5.56 Å². The first kappa shape index (κ1) is 13.8. The molecular formula is C16H16ClNOS. The van der Waals surface area contributed by atoms with E-state index in [1.54, 1.807) is 0 Å². The summed E-state index contributed by atoms with van der Waals surface area (Å²) < 4.78 is 12.6. The molecule has 0 aliphatic heterocycles. The second-order valence-corrected chi connectivity index (χ2v) is 7.15. The fraction of sp³-hybridized carbons (Fsp3) is 0.250. The topological polar surface area (TPSA) is 43.1 Å². The molecule has 2 aromatic carbocycles. The van der Waals surface area contributed by atoms with Crippen LogP contribution in [0.3, 0.4) is 0 Å². The first-order chi connectivity index (χ1) is 9.66. The van der Waals surface area contributed by atoms with Crippen molar-refractivity contribution in [3.63, 3.8) is 0 Å². The molecule has 0 aromatic heterocycles. The van der Waals surface area contributed by atoms with E-state index in [4.69, 9.17) is 17.3 Å². The molecule has 0 radical (unpaired) electrons. The molecule has 3 unspecified atom stereocenters. The molecule has 3 rings (SSSR count). The lowest BCUT2D eigenvalue weighted by molar-refractivity contribution is 0.646. The van der Waals surface area contributed by atoms with Crippen LogP contribution in [0.5, 0.6) is 0 Å². The summed E-state index contributed by atoms with van der Waals surface area (Å²) >= 11 is 6.13. The van der Waals surface area contributed by atoms with Gasteiger partial charge in [-0.25, -0.2) is 0 Å². The van der Waals surface area contributed by atoms with Gasteiger partial charge in [0.05, 0.1) is 11.0 Å². The van der Waals surface area contributed by atoms with Crippen LogP contribution in [0.25, 0.3) is 0 Å². The molecular weight excluding hydrogens is 290 g/mol. The van der Waals surface area contributed by atoms with Gasteiger partial charge in [0, 0.05) is 21.9 Å². The van der Waals surface area contributed by atoms with Crippen molar-refractivity contribution >= 4 is 22.4 Å². The minimum absolute atomic E-state index is 0.0244. The summed E-state index contributed by atoms with van der Waals surface area (Å²) in [6.45, 7) is 0. The van der Waals surface area contributed by atoms with E-state index >= 15 is 0 Å². The van der Waals surface area contributed by atoms with Crippen molar-refractivity contribution in [2.24, 2.45) is 5.73 Å². The Labute approximate surface area is 126 Å². The molecule has 2 nitrogen and oxygen atoms in total. The molecule has 0 heterocycles. The average Bonchev–Trinajstić information content (AvgIpc) is 2.79. The highest BCUT2D eigenvalue weighted by molar-refractivity contribution is 7.84. The van der Waals surface area contributed by atoms with Crippen LogP contribution in [0, 0.1) is 0 Å². The van der Waals surface area contributed by atoms with Gasteiger partial charge in [0.1, 0.15) is 0 Å². The van der Waals surface area contributed by atoms with Gasteiger partial charge in [-0.15, -0.1) is 0 Å². The SMILES string of the molecule is NC1c2ccccc2CC1S(=O)Cc1ccccc1Cl. The van der Waals surface area contributed by atoms with Crippen LogP contribution in [0.2, 0.25) is 5.02 Å². The van der Waals surface area contributed by atoms with Crippen molar-refractivity contribution in [3.05, 3.63) is 70.2 Å². The van der Waals surface area contributed by atoms with Crippen LogP contribution in [-0.4, -0.2) is 9.46 Å². The van der Waals surface area contributed by atoms with E-state index in [9.17, 15) is 4.21 Å². The predicted octanol–water partition coefficient (Wildman–Crippen LogP) is 3.21. The molecule has 1 aliphatic carbocycles. The first-order valence-corrected chi connectivity index (χ1v) is 8.37. The van der Waals surface area contributed by atoms with E-state index in [0.29, 0.717) is 10.8 Å². The van der Waals surface area contributed by atoms with Gasteiger partial charge in [-0.3, -0.25) is 4.21 Å². The van der Waals surface area contributed by atoms with Gasteiger partial charge >= 0.3 is 0 Å². The Bertz CT molecular complexity index is 658. The molecule has 3 atom stereocenters. The van der Waals surface area contributed by atoms with Gasteiger partial charge in [-0.05, 0) is 29.2 Å². The lowest BCUT2D eigenvalue weighted by Gasteiger charge is -2.16. The van der Waals surface area contributed by atoms with Crippen LogP contribution in [0.4, 0.5) is 0 Å². The summed E-state index contributed by atoms with van der Waals surface area (Å²) in [6, 6.07) is 15.5. The third-order valence-corrected chi connectivity index (χ3v) is 5.93. The van der Waals surface area contributed by atoms with E-state index in [2.05, 4.69) is 6.07 Å². The van der Waals surface area contributed by atoms with Gasteiger partial charge in [0.2, 0.25) is 0 Å². The summed E-state index contributed by atoms with van der Waals surface area (Å²) in [6.07, 6.45) is 0.786. The molecule has 0 bridgehead atoms. The Balaban J connectivity index is 1.79. The molecule has 1 aliphatic rings. The van der Waals surface area contributed by atoms with E-state index < -0.39 is 10.8 Å². The minimum Gasteiger partial charge on any atom is -0.323 e. The monoisotopic (exact) mass is 305 g/mol. The van der Waals surface area contributed by atoms with Crippen molar-refractivity contribution in [1.29, 1.82) is 0 Å². The fourth-order valence-corrected chi connectivity index (χ4v) is 4.61. The Kier molecular flexibility index (Phi) is 3.92. The highest BCUT2D eigenvalue weighted by atomic mass is 35.5. The van der Waals surface area contributed by atoms with Crippen LogP contribution >= 0.6 is 11.6 Å². The molecule has 0 amide bonds. The number of hydrogen-bond donors (Lipinski definition) is 1. The van der Waals surface area contributed by atoms with Crippen molar-refractivity contribution in [2.45, 2.75) is 23.5 Å². The summed E-state index contributed by atoms with van der Waals surface area (Å²) in [5, 5.41) is 0.647. The molecule has 2 aromatic rings. The predicted molar refractivity (Wildman–Crippen MR) is 84.2 cm³/mol. The van der Waals surface area contributed by atoms with Crippen LogP contribution in [0.15, 0.2) is 48.5 Å². The summed E-state index contributed by atoms with van der Waals surface area (Å²) in [4.78, 5) is 0. The highest BCUT2D eigenvalue weighted by Gasteiger charge is 2.33. The normalized spacial score (nSPS) is 22.5. The number of benzene rings is 2. The maximum Gasteiger partial charge on any atom is 0.0584 e. The Morgan fingerprint density at radius 2 is 1.85 bits per heavy atom. The molecule has 104 valence electrons. The lowest BCUT2D eigenvalue weighted by atomic mass is 10.1. The van der Waals surface area contributed by atoms with Gasteiger partial charge in [0.25, 0.3) is 0 Å². The lowest BCUT2D eigenvalue weighted by Crippen LogP contribution is -2.27. The third-order valence-electron chi connectivity index (χ3n) is 3.83. The molecule has 4 heteroatoms. The number of nitrogens with two attached hydrogens (primary N) is 1. The standard InChI is InChI=1S/C16H16ClNOS/c17-14-8-4-2-6-12(14)10-20(19)15-9-11-5-1-3-7-13(11)16(15)18/h1-8,15-16H,9-10,18H2. The van der Waals surface area contributed by atoms with E-state index in [1.807, 2.05) is 42.5 Å². The maximum absolute atomic E-state index is 12.6. The summed E-state index contributed by atoms with van der Waals surface area (Å²) in [5.41, 5.74) is 9.53. The van der Waals surface area contributed by atoms with E-state index in [0.717, 1.165) is 17.5 Å². The summed E-state index contributed by atoms with van der Waals surface area (Å²) in [7, 11) is -1.02. The van der Waals surface area contributed by atoms with Gasteiger partial charge in [-0.1, -0.05) is 54.1 Å². The van der Waals surface area contributed by atoms with Crippen LogP contribution in [0.1, 0.15) is 22.7 Å². The Morgan fingerprint density at radius 1 is 1.15 bits per heavy atom. The first-order valence-electron chi connectivity index (χ1n) is 6.61. The Hall–Kier alpha value is -1.16. The van der Waals surface area contributed by atoms with Crippen LogP contribution in [-0.2, 0) is 23.0 Å². The molecule has 0 saturated heterocycles. The second-order valence-electron chi connectivity index (χ2n) is 5.08. The van der Waals surface area contributed by atoms with Gasteiger partial charge < -0.3 is 5.73 Å². The number of halogens is 1. The number of hydrogen-bond acceptors (Lipinski definition) is 2. The zero-order valence-electron chi connectivity index (χ0n) is 11.0. The molecule has 0 spiro atoms. The smallest absolute Gasteiger partial charge is 0.0584 e. The average molecular weight is 306 g/mol. The van der Waals surface area contributed by atoms with Crippen LogP contribution < -0.4 is 5.73 Å². The fourth-order valence-electron chi connectivity index (χ4n) is 2.72. The van der Waals surface area contributed by atoms with Crippen molar-refractivity contribution in [1.82, 2.24) is 0 Å². The molecule has 20 heavy (non-hydrogen) atoms. The number of rotatable bonds is 3. The number of fused-ring (bicyclic) bond motifs is 1. The zero-order valence-corrected chi connectivity index (χ0v) is 12.5. The largest absolute Gasteiger partial charge is 0.323 e. The Morgan fingerprint density at radius 3 is 2.60 bits per heavy atom. The van der Waals surface area contributed by atoms with Gasteiger partial charge in [0.15, 0.2) is 0 Å². The van der Waals surface area contributed by atoms with Crippen molar-refractivity contribution < 1.29 is 4.21 Å². The van der Waals surface area contributed by atoms with Crippen molar-refractivity contribution in [2.75, 3.05) is 0 Å². The highest BCUT2D eigenvalue weighted by Crippen LogP contribution is 2.33. The van der Waals surface area contributed by atoms with E-state index in [-0.39, 0.29) is 11.3 Å². The molecule has 0 saturated carbocycles. The van der Waals surface area contributed by atoms with Crippen molar-refractivity contribution in [3.8, 4) is 0 Å². The minimum atomic E-state index is -1.02. The third kappa shape index (κ3) is 2.53. The zero-order chi connectivity index (χ0) is 14.1. The van der Waals surface area contributed by atoms with Gasteiger partial charge in [-0.2, -0.15) is 0 Å². The summed E-state index contributed by atoms with van der Waals surface area (Å²) in [5.74, 6) is 0.464. The maximum atomic E-state index is 12.6. The molecule has 2 N–H and O–H groups in total.